The second-order valence-electron chi connectivity index (χ2n) is 4.25. The molecule has 5 nitrogen and oxygen atoms in total. The Balaban J connectivity index is 2.39. The van der Waals surface area contributed by atoms with Crippen LogP contribution in [0.15, 0.2) is 24.3 Å². The van der Waals surface area contributed by atoms with Crippen LogP contribution in [0.25, 0.3) is 0 Å². The number of aromatic hydroxyl groups is 1. The second kappa shape index (κ2) is 6.64. The Kier molecular flexibility index (Phi) is 5.17. The molecule has 1 atom stereocenters. The van der Waals surface area contributed by atoms with Gasteiger partial charge in [-0.05, 0) is 31.0 Å². The molecule has 1 amide bonds. The van der Waals surface area contributed by atoms with Crippen LogP contribution in [0, 0.1) is 0 Å². The number of carbonyl (C=O) groups is 2. The van der Waals surface area contributed by atoms with E-state index in [-0.39, 0.29) is 30.5 Å². The summed E-state index contributed by atoms with van der Waals surface area (Å²) < 4.78 is 0. The van der Waals surface area contributed by atoms with Crippen LogP contribution in [-0.4, -0.2) is 28.1 Å². The first kappa shape index (κ1) is 14.0. The summed E-state index contributed by atoms with van der Waals surface area (Å²) in [6.45, 7) is 1.77. The molecule has 0 aromatic heterocycles. The number of phenols is 1. The Morgan fingerprint density at radius 1 is 1.39 bits per heavy atom. The summed E-state index contributed by atoms with van der Waals surface area (Å²) in [5, 5.41) is 20.5. The van der Waals surface area contributed by atoms with Crippen molar-refractivity contribution in [2.75, 3.05) is 0 Å². The number of carbonyl (C=O) groups excluding carboxylic acids is 1. The van der Waals surface area contributed by atoms with Gasteiger partial charge in [-0.25, -0.2) is 0 Å². The minimum atomic E-state index is -0.871. The van der Waals surface area contributed by atoms with Crippen LogP contribution < -0.4 is 5.32 Å². The number of carboxylic acids is 1. The number of carboxylic acid groups (broad SMARTS) is 1. The minimum Gasteiger partial charge on any atom is -0.508 e. The average Bonchev–Trinajstić information content (AvgIpc) is 2.26. The molecule has 1 rings (SSSR count). The third kappa shape index (κ3) is 5.34. The fourth-order valence-corrected chi connectivity index (χ4v) is 1.59. The van der Waals surface area contributed by atoms with Crippen molar-refractivity contribution >= 4 is 11.9 Å². The van der Waals surface area contributed by atoms with Crippen molar-refractivity contribution in [1.29, 1.82) is 0 Å². The van der Waals surface area contributed by atoms with E-state index in [2.05, 4.69) is 5.32 Å². The number of hydrogen-bond donors (Lipinski definition) is 3. The van der Waals surface area contributed by atoms with E-state index in [1.807, 2.05) is 0 Å². The highest BCUT2D eigenvalue weighted by molar-refractivity contribution is 5.79. The van der Waals surface area contributed by atoms with Gasteiger partial charge in [-0.3, -0.25) is 9.59 Å². The predicted octanol–water partition coefficient (Wildman–Crippen LogP) is 1.30. The Bertz CT molecular complexity index is 431. The van der Waals surface area contributed by atoms with Crippen molar-refractivity contribution in [2.24, 2.45) is 0 Å². The fraction of sp³-hybridized carbons (Fsp3) is 0.385. The zero-order valence-corrected chi connectivity index (χ0v) is 10.2. The number of hydrogen-bond acceptors (Lipinski definition) is 3. The summed E-state index contributed by atoms with van der Waals surface area (Å²) in [4.78, 5) is 22.0. The summed E-state index contributed by atoms with van der Waals surface area (Å²) in [5.74, 6) is -0.929. The van der Waals surface area contributed by atoms with Gasteiger partial charge in [-0.1, -0.05) is 12.1 Å². The van der Waals surface area contributed by atoms with Gasteiger partial charge in [0.05, 0.1) is 6.42 Å². The number of rotatable bonds is 6. The normalized spacial score (nSPS) is 11.8. The van der Waals surface area contributed by atoms with Crippen LogP contribution >= 0.6 is 0 Å². The van der Waals surface area contributed by atoms with E-state index in [1.54, 1.807) is 19.1 Å². The van der Waals surface area contributed by atoms with Crippen molar-refractivity contribution in [3.63, 3.8) is 0 Å². The van der Waals surface area contributed by atoms with Gasteiger partial charge in [0.2, 0.25) is 5.91 Å². The van der Waals surface area contributed by atoms with Crippen LogP contribution in [0.2, 0.25) is 0 Å². The highest BCUT2D eigenvalue weighted by Crippen LogP contribution is 2.11. The molecule has 1 unspecified atom stereocenters. The molecule has 0 bridgehead atoms. The smallest absolute Gasteiger partial charge is 0.303 e. The van der Waals surface area contributed by atoms with E-state index in [0.29, 0.717) is 6.42 Å². The average molecular weight is 251 g/mol. The molecule has 0 aliphatic heterocycles. The number of nitrogens with one attached hydrogen (secondary N) is 1. The molecule has 98 valence electrons. The Morgan fingerprint density at radius 2 is 2.11 bits per heavy atom. The Hall–Kier alpha value is -2.04. The zero-order valence-electron chi connectivity index (χ0n) is 10.2. The van der Waals surface area contributed by atoms with Crippen LogP contribution in [0.3, 0.4) is 0 Å². The monoisotopic (exact) mass is 251 g/mol. The maximum Gasteiger partial charge on any atom is 0.303 e. The van der Waals surface area contributed by atoms with E-state index in [4.69, 9.17) is 5.11 Å². The van der Waals surface area contributed by atoms with Gasteiger partial charge in [0.25, 0.3) is 0 Å². The molecular formula is C13H17NO4. The number of benzene rings is 1. The van der Waals surface area contributed by atoms with Crippen molar-refractivity contribution in [1.82, 2.24) is 5.32 Å². The first-order valence-corrected chi connectivity index (χ1v) is 5.76. The Morgan fingerprint density at radius 3 is 2.72 bits per heavy atom. The van der Waals surface area contributed by atoms with Crippen molar-refractivity contribution in [3.05, 3.63) is 29.8 Å². The molecule has 5 heteroatoms. The first-order chi connectivity index (χ1) is 8.47. The molecule has 0 spiro atoms. The molecule has 3 N–H and O–H groups in total. The fourth-order valence-electron chi connectivity index (χ4n) is 1.59. The van der Waals surface area contributed by atoms with Crippen LogP contribution in [-0.2, 0) is 16.0 Å². The van der Waals surface area contributed by atoms with Crippen molar-refractivity contribution in [3.8, 4) is 5.75 Å². The summed E-state index contributed by atoms with van der Waals surface area (Å²) in [7, 11) is 0. The first-order valence-electron chi connectivity index (χ1n) is 5.76. The van der Waals surface area contributed by atoms with E-state index >= 15 is 0 Å². The van der Waals surface area contributed by atoms with Crippen LogP contribution in [0.5, 0.6) is 5.75 Å². The molecule has 0 saturated heterocycles. The lowest BCUT2D eigenvalue weighted by atomic mass is 10.1. The molecule has 0 aliphatic rings. The van der Waals surface area contributed by atoms with Crippen molar-refractivity contribution in [2.45, 2.75) is 32.2 Å². The van der Waals surface area contributed by atoms with Gasteiger partial charge in [0.15, 0.2) is 0 Å². The van der Waals surface area contributed by atoms with Crippen LogP contribution in [0.1, 0.15) is 25.3 Å². The molecule has 0 aliphatic carbocycles. The largest absolute Gasteiger partial charge is 0.508 e. The summed E-state index contributed by atoms with van der Waals surface area (Å²) in [5.41, 5.74) is 0.720. The maximum absolute atomic E-state index is 11.6. The summed E-state index contributed by atoms with van der Waals surface area (Å²) in [6, 6.07) is 6.32. The topological polar surface area (TPSA) is 86.6 Å². The van der Waals surface area contributed by atoms with E-state index < -0.39 is 5.97 Å². The molecule has 0 radical (unpaired) electrons. The van der Waals surface area contributed by atoms with Crippen LogP contribution in [0.4, 0.5) is 0 Å². The number of amides is 1. The van der Waals surface area contributed by atoms with Gasteiger partial charge >= 0.3 is 5.97 Å². The third-order valence-electron chi connectivity index (χ3n) is 2.47. The summed E-state index contributed by atoms with van der Waals surface area (Å²) >= 11 is 0. The minimum absolute atomic E-state index is 0.0353. The molecule has 0 heterocycles. The molecular weight excluding hydrogens is 234 g/mol. The van der Waals surface area contributed by atoms with Gasteiger partial charge in [-0.15, -0.1) is 0 Å². The quantitative estimate of drug-likeness (QED) is 0.711. The van der Waals surface area contributed by atoms with E-state index in [9.17, 15) is 14.7 Å². The lowest BCUT2D eigenvalue weighted by molar-refractivity contribution is -0.137. The molecule has 1 aromatic carbocycles. The predicted molar refractivity (Wildman–Crippen MR) is 66.3 cm³/mol. The Labute approximate surface area is 105 Å². The molecule has 1 aromatic rings. The zero-order chi connectivity index (χ0) is 13.5. The molecule has 0 fully saturated rings. The molecule has 18 heavy (non-hydrogen) atoms. The lowest BCUT2D eigenvalue weighted by Crippen LogP contribution is -2.34. The summed E-state index contributed by atoms with van der Waals surface area (Å²) in [6.07, 6.45) is 0.612. The van der Waals surface area contributed by atoms with E-state index in [0.717, 1.165) is 5.56 Å². The number of phenolic OH excluding ortho intramolecular Hbond substituents is 1. The highest BCUT2D eigenvalue weighted by Gasteiger charge is 2.10. The maximum atomic E-state index is 11.6. The van der Waals surface area contributed by atoms with Crippen molar-refractivity contribution < 1.29 is 19.8 Å². The van der Waals surface area contributed by atoms with E-state index in [1.165, 1.54) is 12.1 Å². The highest BCUT2D eigenvalue weighted by atomic mass is 16.4. The lowest BCUT2D eigenvalue weighted by Gasteiger charge is -2.12. The molecule has 0 saturated carbocycles. The van der Waals surface area contributed by atoms with Gasteiger partial charge in [-0.2, -0.15) is 0 Å². The van der Waals surface area contributed by atoms with Gasteiger partial charge in [0, 0.05) is 12.5 Å². The standard InChI is InChI=1S/C13H17NO4/c1-9(5-6-13(17)18)14-12(16)8-10-3-2-4-11(15)7-10/h2-4,7,9,15H,5-6,8H2,1H3,(H,14,16)(H,17,18). The SMILES string of the molecule is CC(CCC(=O)O)NC(=O)Cc1cccc(O)c1. The number of aliphatic carboxylic acids is 1. The van der Waals surface area contributed by atoms with Gasteiger partial charge in [0.1, 0.15) is 5.75 Å². The van der Waals surface area contributed by atoms with Gasteiger partial charge < -0.3 is 15.5 Å². The third-order valence-corrected chi connectivity index (χ3v) is 2.47. The second-order valence-corrected chi connectivity index (χ2v) is 4.25.